The van der Waals surface area contributed by atoms with Crippen molar-refractivity contribution in [2.45, 2.75) is 213 Å². The molecule has 1 rings (SSSR count). The number of rotatable bonds is 37. The minimum atomic E-state index is 0.196. The van der Waals surface area contributed by atoms with E-state index in [0.717, 1.165) is 26.2 Å². The Hall–Kier alpha value is -1.39. The summed E-state index contributed by atoms with van der Waals surface area (Å²) in [5, 5.41) is 9.55. The van der Waals surface area contributed by atoms with Gasteiger partial charge in [0.15, 0.2) is 0 Å². The predicted octanol–water partition coefficient (Wildman–Crippen LogP) is 12.4. The summed E-state index contributed by atoms with van der Waals surface area (Å²) in [5.74, 6) is 1.34. The second-order valence-electron chi connectivity index (χ2n) is 14.1. The molecular formula is C43H81N2O2+. The first kappa shape index (κ1) is 43.6. The largest absolute Gasteiger partial charge is 0.392 e. The van der Waals surface area contributed by atoms with Crippen molar-refractivity contribution < 1.29 is 14.4 Å². The third-order valence-electron chi connectivity index (χ3n) is 9.62. The highest BCUT2D eigenvalue weighted by molar-refractivity contribution is 4.85. The van der Waals surface area contributed by atoms with E-state index < -0.39 is 0 Å². The Bertz CT molecular complexity index is 815. The quantitative estimate of drug-likeness (QED) is 0.0439. The van der Waals surface area contributed by atoms with E-state index in [1.54, 1.807) is 0 Å². The van der Waals surface area contributed by atoms with Crippen LogP contribution in [-0.4, -0.2) is 29.5 Å². The van der Waals surface area contributed by atoms with Crippen LogP contribution in [-0.2, 0) is 24.2 Å². The van der Waals surface area contributed by atoms with Crippen molar-refractivity contribution in [3.63, 3.8) is 0 Å². The smallest absolute Gasteiger partial charge is 0.256 e. The Morgan fingerprint density at radius 3 is 1.45 bits per heavy atom. The number of hydrogen-bond acceptors (Lipinski definition) is 2. The lowest BCUT2D eigenvalue weighted by Gasteiger charge is -2.07. The molecule has 0 saturated heterocycles. The van der Waals surface area contributed by atoms with Gasteiger partial charge in [-0.1, -0.05) is 154 Å². The van der Waals surface area contributed by atoms with Crippen LogP contribution in [0.15, 0.2) is 36.7 Å². The van der Waals surface area contributed by atoms with Crippen LogP contribution < -0.4 is 4.57 Å². The number of aliphatic hydroxyl groups is 1. The molecule has 0 saturated carbocycles. The number of ether oxygens (including phenoxy) is 1. The second kappa shape index (κ2) is 35.9. The molecule has 0 bridgehead atoms. The molecule has 0 aliphatic heterocycles. The van der Waals surface area contributed by atoms with Crippen molar-refractivity contribution in [1.29, 1.82) is 0 Å². The Kier molecular flexibility index (Phi) is 33.3. The Morgan fingerprint density at radius 1 is 0.553 bits per heavy atom. The third kappa shape index (κ3) is 28.2. The van der Waals surface area contributed by atoms with Gasteiger partial charge in [0.2, 0.25) is 0 Å². The van der Waals surface area contributed by atoms with Gasteiger partial charge in [-0.2, -0.15) is 0 Å². The fraction of sp³-hybridized carbons (Fsp3) is 0.837. The predicted molar refractivity (Wildman–Crippen MR) is 205 cm³/mol. The van der Waals surface area contributed by atoms with Gasteiger partial charge in [-0.3, -0.25) is 0 Å². The number of aromatic nitrogens is 2. The van der Waals surface area contributed by atoms with Crippen LogP contribution in [0.3, 0.4) is 0 Å². The summed E-state index contributed by atoms with van der Waals surface area (Å²) in [7, 11) is 0. The molecule has 0 aromatic carbocycles. The van der Waals surface area contributed by atoms with E-state index in [0.29, 0.717) is 6.54 Å². The van der Waals surface area contributed by atoms with Crippen molar-refractivity contribution in [2.24, 2.45) is 0 Å². The molecule has 274 valence electrons. The Balaban J connectivity index is 2.01. The van der Waals surface area contributed by atoms with E-state index in [1.165, 1.54) is 186 Å². The SMILES string of the molecule is CCCCCCCC/C=C\CCCCCCCCOCCn1cc[n+](CCO)c1CCCCCCCC/C=C\CCCCCCCC. The molecule has 4 heteroatoms. The molecule has 0 amide bonds. The molecule has 1 N–H and O–H groups in total. The van der Waals surface area contributed by atoms with Crippen LogP contribution in [0.5, 0.6) is 0 Å². The molecule has 47 heavy (non-hydrogen) atoms. The number of unbranched alkanes of at least 4 members (excludes halogenated alkanes) is 24. The van der Waals surface area contributed by atoms with Gasteiger partial charge < -0.3 is 9.84 Å². The zero-order valence-electron chi connectivity index (χ0n) is 31.8. The summed E-state index contributed by atoms with van der Waals surface area (Å²) < 4.78 is 10.6. The summed E-state index contributed by atoms with van der Waals surface area (Å²) >= 11 is 0. The highest BCUT2D eigenvalue weighted by Crippen LogP contribution is 2.13. The fourth-order valence-electron chi connectivity index (χ4n) is 6.55. The number of allylic oxidation sites excluding steroid dienone is 4. The van der Waals surface area contributed by atoms with E-state index in [2.05, 4.69) is 59.7 Å². The summed E-state index contributed by atoms with van der Waals surface area (Å²) in [6.45, 7) is 8.02. The van der Waals surface area contributed by atoms with Crippen molar-refractivity contribution in [2.75, 3.05) is 19.8 Å². The molecule has 0 atom stereocenters. The average Bonchev–Trinajstić information content (AvgIpc) is 3.46. The highest BCUT2D eigenvalue weighted by atomic mass is 16.5. The van der Waals surface area contributed by atoms with Gasteiger partial charge in [0.25, 0.3) is 5.82 Å². The van der Waals surface area contributed by atoms with Crippen LogP contribution in [0.4, 0.5) is 0 Å². The number of imidazole rings is 1. The number of hydrogen-bond donors (Lipinski definition) is 1. The average molecular weight is 658 g/mol. The monoisotopic (exact) mass is 658 g/mol. The molecule has 4 nitrogen and oxygen atoms in total. The van der Waals surface area contributed by atoms with Crippen molar-refractivity contribution in [3.05, 3.63) is 42.5 Å². The van der Waals surface area contributed by atoms with Gasteiger partial charge in [-0.25, -0.2) is 9.13 Å². The van der Waals surface area contributed by atoms with Crippen molar-refractivity contribution in [1.82, 2.24) is 4.57 Å². The van der Waals surface area contributed by atoms with E-state index in [4.69, 9.17) is 4.74 Å². The lowest BCUT2D eigenvalue weighted by Crippen LogP contribution is -2.39. The Morgan fingerprint density at radius 2 is 0.979 bits per heavy atom. The van der Waals surface area contributed by atoms with Gasteiger partial charge >= 0.3 is 0 Å². The van der Waals surface area contributed by atoms with E-state index >= 15 is 0 Å². The molecule has 0 radical (unpaired) electrons. The molecule has 1 heterocycles. The lowest BCUT2D eigenvalue weighted by atomic mass is 10.1. The highest BCUT2D eigenvalue weighted by Gasteiger charge is 2.16. The first-order valence-corrected chi connectivity index (χ1v) is 20.9. The maximum atomic E-state index is 9.55. The molecular weight excluding hydrogens is 576 g/mol. The molecule has 0 spiro atoms. The molecule has 0 aliphatic carbocycles. The molecule has 1 aromatic heterocycles. The molecule has 0 aliphatic rings. The minimum absolute atomic E-state index is 0.196. The summed E-state index contributed by atoms with van der Waals surface area (Å²) in [5.41, 5.74) is 0. The van der Waals surface area contributed by atoms with Crippen LogP contribution in [0.25, 0.3) is 0 Å². The molecule has 1 aromatic rings. The lowest BCUT2D eigenvalue weighted by molar-refractivity contribution is -0.705. The third-order valence-corrected chi connectivity index (χ3v) is 9.62. The first-order valence-electron chi connectivity index (χ1n) is 20.9. The van der Waals surface area contributed by atoms with E-state index in [9.17, 15) is 5.11 Å². The van der Waals surface area contributed by atoms with Crippen LogP contribution >= 0.6 is 0 Å². The second-order valence-corrected chi connectivity index (χ2v) is 14.1. The number of aliphatic hydroxyl groups excluding tert-OH is 1. The van der Waals surface area contributed by atoms with E-state index in [-0.39, 0.29) is 6.61 Å². The normalized spacial score (nSPS) is 12.0. The number of nitrogens with zero attached hydrogens (tertiary/aromatic N) is 2. The van der Waals surface area contributed by atoms with Crippen molar-refractivity contribution >= 4 is 0 Å². The van der Waals surface area contributed by atoms with Crippen LogP contribution in [0.1, 0.15) is 199 Å². The minimum Gasteiger partial charge on any atom is -0.392 e. The Labute approximate surface area is 293 Å². The molecule has 0 unspecified atom stereocenters. The van der Waals surface area contributed by atoms with Crippen molar-refractivity contribution in [3.8, 4) is 0 Å². The van der Waals surface area contributed by atoms with Gasteiger partial charge in [0.05, 0.1) is 13.2 Å². The molecule has 0 fully saturated rings. The zero-order chi connectivity index (χ0) is 33.7. The van der Waals surface area contributed by atoms with E-state index in [1.807, 2.05) is 0 Å². The zero-order valence-corrected chi connectivity index (χ0v) is 31.8. The van der Waals surface area contributed by atoms with Crippen LogP contribution in [0.2, 0.25) is 0 Å². The van der Waals surface area contributed by atoms with Crippen LogP contribution in [0, 0.1) is 0 Å². The fourth-order valence-corrected chi connectivity index (χ4v) is 6.55. The summed E-state index contributed by atoms with van der Waals surface area (Å²) in [6, 6.07) is 0. The van der Waals surface area contributed by atoms with Gasteiger partial charge in [-0.15, -0.1) is 0 Å². The van der Waals surface area contributed by atoms with Gasteiger partial charge in [-0.05, 0) is 64.2 Å². The first-order chi connectivity index (χ1) is 23.3. The van der Waals surface area contributed by atoms with Gasteiger partial charge in [0.1, 0.15) is 25.5 Å². The summed E-state index contributed by atoms with van der Waals surface area (Å²) in [4.78, 5) is 0. The standard InChI is InChI=1S/C43H81N2O2/c1-3-5-7-9-11-13-15-17-19-21-23-25-27-29-31-33-35-43-44(38-40-46)36-37-45(43)39-42-47-41-34-32-30-28-26-24-22-20-18-16-14-12-10-8-6-4-2/h17-20,36-37,46H,3-16,21-35,38-42H2,1-2H3/q+1/b19-17-,20-18-. The van der Waals surface area contributed by atoms with Gasteiger partial charge in [0, 0.05) is 13.0 Å². The maximum absolute atomic E-state index is 9.55. The maximum Gasteiger partial charge on any atom is 0.256 e. The topological polar surface area (TPSA) is 38.3 Å². The summed E-state index contributed by atoms with van der Waals surface area (Å²) in [6.07, 6.45) is 52.6.